The molecule has 2 rings (SSSR count). The molecule has 3 N–H and O–H groups in total. The van der Waals surface area contributed by atoms with Crippen molar-refractivity contribution in [1.82, 2.24) is 10.3 Å². The lowest BCUT2D eigenvalue weighted by Crippen LogP contribution is -2.44. The van der Waals surface area contributed by atoms with Gasteiger partial charge in [0.25, 0.3) is 0 Å². The van der Waals surface area contributed by atoms with Crippen LogP contribution in [0.15, 0.2) is 29.0 Å². The van der Waals surface area contributed by atoms with Gasteiger partial charge in [-0.2, -0.15) is 0 Å². The van der Waals surface area contributed by atoms with Gasteiger partial charge in [-0.25, -0.2) is 9.78 Å². The number of amides is 2. The van der Waals surface area contributed by atoms with Gasteiger partial charge < -0.3 is 24.9 Å². The van der Waals surface area contributed by atoms with E-state index in [9.17, 15) is 9.59 Å². The van der Waals surface area contributed by atoms with E-state index in [2.05, 4.69) is 15.6 Å². The third-order valence-electron chi connectivity index (χ3n) is 4.05. The van der Waals surface area contributed by atoms with Gasteiger partial charge in [0.15, 0.2) is 0 Å². The molecule has 1 heterocycles. The zero-order valence-electron chi connectivity index (χ0n) is 15.9. The summed E-state index contributed by atoms with van der Waals surface area (Å²) in [7, 11) is 1.52. The predicted molar refractivity (Wildman–Crippen MR) is 101 cm³/mol. The second-order valence-electron chi connectivity index (χ2n) is 6.52. The number of hydrogen-bond acceptors (Lipinski definition) is 5. The molecule has 146 valence electrons. The van der Waals surface area contributed by atoms with Gasteiger partial charge in [0.05, 0.1) is 18.9 Å². The molecule has 0 spiro atoms. The van der Waals surface area contributed by atoms with Crippen molar-refractivity contribution < 1.29 is 23.8 Å². The van der Waals surface area contributed by atoms with Crippen molar-refractivity contribution in [2.45, 2.75) is 39.7 Å². The number of anilines is 1. The molecule has 0 aliphatic carbocycles. The number of nitrogens with zero attached hydrogens (tertiary/aromatic N) is 1. The lowest BCUT2D eigenvalue weighted by molar-refractivity contribution is -0.118. The lowest BCUT2D eigenvalue weighted by Gasteiger charge is -2.20. The van der Waals surface area contributed by atoms with E-state index in [0.717, 1.165) is 5.56 Å². The number of rotatable bonds is 8. The van der Waals surface area contributed by atoms with Gasteiger partial charge in [0.2, 0.25) is 11.8 Å². The summed E-state index contributed by atoms with van der Waals surface area (Å²) in [6.07, 6.45) is 2.83. The van der Waals surface area contributed by atoms with Crippen LogP contribution in [0.2, 0.25) is 0 Å². The van der Waals surface area contributed by atoms with Crippen molar-refractivity contribution in [1.29, 1.82) is 0 Å². The minimum absolute atomic E-state index is 0.153. The van der Waals surface area contributed by atoms with E-state index < -0.39 is 18.0 Å². The largest absolute Gasteiger partial charge is 0.496 e. The van der Waals surface area contributed by atoms with Crippen LogP contribution in [0, 0.1) is 5.92 Å². The van der Waals surface area contributed by atoms with Crippen LogP contribution in [0.4, 0.5) is 10.5 Å². The minimum Gasteiger partial charge on any atom is -0.496 e. The Morgan fingerprint density at radius 2 is 2.07 bits per heavy atom. The molecule has 0 aliphatic rings. The highest BCUT2D eigenvalue weighted by atomic mass is 16.5. The highest BCUT2D eigenvalue weighted by Gasteiger charge is 2.23. The third kappa shape index (κ3) is 5.22. The van der Waals surface area contributed by atoms with Crippen LogP contribution in [0.1, 0.15) is 32.8 Å². The van der Waals surface area contributed by atoms with E-state index in [1.807, 2.05) is 26.8 Å². The quantitative estimate of drug-likeness (QED) is 0.650. The summed E-state index contributed by atoms with van der Waals surface area (Å²) in [5, 5.41) is 14.1. The zero-order valence-corrected chi connectivity index (χ0v) is 15.9. The molecule has 0 fully saturated rings. The van der Waals surface area contributed by atoms with E-state index in [1.54, 1.807) is 12.3 Å². The number of carbonyl (C=O) groups is 2. The first-order chi connectivity index (χ1) is 12.8. The Labute approximate surface area is 157 Å². The summed E-state index contributed by atoms with van der Waals surface area (Å²) in [6.45, 7) is 5.81. The van der Waals surface area contributed by atoms with Crippen LogP contribution in [0.25, 0.3) is 11.5 Å². The molecule has 8 nitrogen and oxygen atoms in total. The molecule has 0 bridgehead atoms. The van der Waals surface area contributed by atoms with Crippen LogP contribution in [0.3, 0.4) is 0 Å². The number of nitrogens with one attached hydrogen (secondary N) is 2. The van der Waals surface area contributed by atoms with Gasteiger partial charge in [0, 0.05) is 11.8 Å². The Kier molecular flexibility index (Phi) is 6.81. The normalized spacial score (nSPS) is 11.9. The monoisotopic (exact) mass is 375 g/mol. The summed E-state index contributed by atoms with van der Waals surface area (Å²) in [5.74, 6) is 0.660. The third-order valence-corrected chi connectivity index (χ3v) is 4.05. The van der Waals surface area contributed by atoms with Crippen molar-refractivity contribution >= 4 is 17.7 Å². The number of aromatic nitrogens is 1. The molecular formula is C19H25N3O5. The van der Waals surface area contributed by atoms with E-state index in [-0.39, 0.29) is 5.92 Å². The van der Waals surface area contributed by atoms with Crippen molar-refractivity contribution in [3.63, 3.8) is 0 Å². The molecule has 0 radical (unpaired) electrons. The molecular weight excluding hydrogens is 350 g/mol. The summed E-state index contributed by atoms with van der Waals surface area (Å²) in [5.41, 5.74) is 2.10. The average molecular weight is 375 g/mol. The van der Waals surface area contributed by atoms with E-state index in [4.69, 9.17) is 14.3 Å². The van der Waals surface area contributed by atoms with Gasteiger partial charge in [-0.05, 0) is 30.4 Å². The molecule has 1 atom stereocenters. The SMILES string of the molecule is CCc1cc(-c2ncco2)c(OC)cc1NC(=O)C(CC(C)C)NC(=O)O. The number of methoxy groups -OCH3 is 1. The van der Waals surface area contributed by atoms with E-state index >= 15 is 0 Å². The Morgan fingerprint density at radius 3 is 2.59 bits per heavy atom. The summed E-state index contributed by atoms with van der Waals surface area (Å²) in [4.78, 5) is 27.8. The molecule has 27 heavy (non-hydrogen) atoms. The molecule has 0 aliphatic heterocycles. The number of oxazole rings is 1. The fourth-order valence-corrected chi connectivity index (χ4v) is 2.80. The maximum Gasteiger partial charge on any atom is 0.405 e. The molecule has 1 aromatic heterocycles. The molecule has 2 amide bonds. The van der Waals surface area contributed by atoms with Crippen molar-refractivity contribution in [2.75, 3.05) is 12.4 Å². The van der Waals surface area contributed by atoms with Crippen molar-refractivity contribution in [2.24, 2.45) is 5.92 Å². The second kappa shape index (κ2) is 9.07. The summed E-state index contributed by atoms with van der Waals surface area (Å²) < 4.78 is 10.8. The fourth-order valence-electron chi connectivity index (χ4n) is 2.80. The Morgan fingerprint density at radius 1 is 1.33 bits per heavy atom. The Balaban J connectivity index is 2.33. The fraction of sp³-hybridized carbons (Fsp3) is 0.421. The highest BCUT2D eigenvalue weighted by Crippen LogP contribution is 2.34. The molecule has 2 aromatic rings. The van der Waals surface area contributed by atoms with Gasteiger partial charge in [-0.15, -0.1) is 0 Å². The van der Waals surface area contributed by atoms with Crippen LogP contribution in [-0.4, -0.2) is 35.2 Å². The molecule has 0 saturated heterocycles. The average Bonchev–Trinajstić information content (AvgIpc) is 3.14. The first kappa shape index (κ1) is 20.3. The van der Waals surface area contributed by atoms with Gasteiger partial charge in [0.1, 0.15) is 18.1 Å². The molecule has 1 aromatic carbocycles. The number of ether oxygens (including phenoxy) is 1. The Bertz CT molecular complexity index is 787. The van der Waals surface area contributed by atoms with E-state index in [1.165, 1.54) is 13.4 Å². The summed E-state index contributed by atoms with van der Waals surface area (Å²) in [6, 6.07) is 2.70. The summed E-state index contributed by atoms with van der Waals surface area (Å²) >= 11 is 0. The molecule has 1 unspecified atom stereocenters. The van der Waals surface area contributed by atoms with Gasteiger partial charge >= 0.3 is 6.09 Å². The van der Waals surface area contributed by atoms with Crippen LogP contribution < -0.4 is 15.4 Å². The zero-order chi connectivity index (χ0) is 20.0. The van der Waals surface area contributed by atoms with E-state index in [0.29, 0.717) is 35.7 Å². The van der Waals surface area contributed by atoms with Crippen molar-refractivity contribution in [3.8, 4) is 17.2 Å². The number of benzene rings is 1. The van der Waals surface area contributed by atoms with Crippen LogP contribution in [0.5, 0.6) is 5.75 Å². The number of carboxylic acid groups (broad SMARTS) is 1. The minimum atomic E-state index is -1.23. The maximum atomic E-state index is 12.7. The van der Waals surface area contributed by atoms with Crippen molar-refractivity contribution in [3.05, 3.63) is 30.2 Å². The Hall–Kier alpha value is -3.03. The molecule has 0 saturated carbocycles. The first-order valence-electron chi connectivity index (χ1n) is 8.76. The number of carbonyl (C=O) groups excluding carboxylic acids is 1. The lowest BCUT2D eigenvalue weighted by atomic mass is 10.0. The first-order valence-corrected chi connectivity index (χ1v) is 8.76. The topological polar surface area (TPSA) is 114 Å². The van der Waals surface area contributed by atoms with Gasteiger partial charge in [-0.1, -0.05) is 20.8 Å². The molecule has 8 heteroatoms. The highest BCUT2D eigenvalue weighted by molar-refractivity contribution is 5.97. The smallest absolute Gasteiger partial charge is 0.405 e. The number of hydrogen-bond donors (Lipinski definition) is 3. The predicted octanol–water partition coefficient (Wildman–Crippen LogP) is 3.53. The maximum absolute atomic E-state index is 12.7. The van der Waals surface area contributed by atoms with Crippen LogP contribution >= 0.6 is 0 Å². The van der Waals surface area contributed by atoms with Gasteiger partial charge in [-0.3, -0.25) is 4.79 Å². The van der Waals surface area contributed by atoms with Crippen LogP contribution in [-0.2, 0) is 11.2 Å². The standard InChI is InChI=1S/C19H25N3O5/c1-5-12-9-13(18-20-6-7-27-18)16(26-4)10-14(12)21-17(23)15(8-11(2)3)22-19(24)25/h6-7,9-11,15,22H,5,8H2,1-4H3,(H,21,23)(H,24,25). The second-order valence-corrected chi connectivity index (χ2v) is 6.52. The number of aryl methyl sites for hydroxylation is 1.